The molecule has 19 heavy (non-hydrogen) atoms. The van der Waals surface area contributed by atoms with Crippen molar-refractivity contribution in [3.63, 3.8) is 0 Å². The Balaban J connectivity index is 2.12. The summed E-state index contributed by atoms with van der Waals surface area (Å²) in [5.74, 6) is -0.200. The van der Waals surface area contributed by atoms with Crippen LogP contribution in [0.5, 0.6) is 0 Å². The second-order valence-corrected chi connectivity index (χ2v) is 5.69. The molecule has 0 aromatic heterocycles. The van der Waals surface area contributed by atoms with E-state index in [-0.39, 0.29) is 0 Å². The van der Waals surface area contributed by atoms with E-state index in [4.69, 9.17) is 0 Å². The van der Waals surface area contributed by atoms with Crippen LogP contribution < -0.4 is 5.32 Å². The Kier molecular flexibility index (Phi) is 4.46. The number of carboxylic acids is 1. The third-order valence-corrected chi connectivity index (χ3v) is 4.15. The second-order valence-electron chi connectivity index (χ2n) is 5.69. The van der Waals surface area contributed by atoms with E-state index in [1.54, 1.807) is 6.07 Å². The molecule has 1 aromatic carbocycles. The summed E-state index contributed by atoms with van der Waals surface area (Å²) in [7, 11) is 0. The van der Waals surface area contributed by atoms with Gasteiger partial charge in [0.05, 0.1) is 5.56 Å². The van der Waals surface area contributed by atoms with Gasteiger partial charge in [-0.05, 0) is 50.3 Å². The Morgan fingerprint density at radius 1 is 1.32 bits per heavy atom. The zero-order valence-corrected chi connectivity index (χ0v) is 11.8. The summed E-state index contributed by atoms with van der Waals surface area (Å²) < 4.78 is 0. The van der Waals surface area contributed by atoms with E-state index in [1.165, 1.54) is 32.1 Å². The molecule has 1 atom stereocenters. The van der Waals surface area contributed by atoms with Crippen LogP contribution in [0.3, 0.4) is 0 Å². The van der Waals surface area contributed by atoms with Gasteiger partial charge >= 0.3 is 5.97 Å². The van der Waals surface area contributed by atoms with Crippen molar-refractivity contribution >= 4 is 11.7 Å². The first-order valence-corrected chi connectivity index (χ1v) is 7.18. The molecule has 1 aromatic rings. The lowest BCUT2D eigenvalue weighted by atomic mass is 9.84. The molecule has 1 fully saturated rings. The monoisotopic (exact) mass is 261 g/mol. The van der Waals surface area contributed by atoms with Crippen LogP contribution >= 0.6 is 0 Å². The maximum absolute atomic E-state index is 11.3. The SMILES string of the molecule is Cc1ccc(C(=O)O)c(NC(C)C2CCCCC2)c1. The topological polar surface area (TPSA) is 49.3 Å². The predicted octanol–water partition coefficient (Wildman–Crippen LogP) is 4.07. The summed E-state index contributed by atoms with van der Waals surface area (Å²) in [6.07, 6.45) is 6.45. The number of carbonyl (C=O) groups is 1. The zero-order chi connectivity index (χ0) is 13.8. The van der Waals surface area contributed by atoms with Crippen molar-refractivity contribution in [2.24, 2.45) is 5.92 Å². The predicted molar refractivity (Wildman–Crippen MR) is 77.8 cm³/mol. The molecule has 3 heteroatoms. The lowest BCUT2D eigenvalue weighted by molar-refractivity contribution is 0.0698. The van der Waals surface area contributed by atoms with E-state index in [2.05, 4.69) is 12.2 Å². The molecule has 0 saturated heterocycles. The van der Waals surface area contributed by atoms with E-state index < -0.39 is 5.97 Å². The number of rotatable bonds is 4. The summed E-state index contributed by atoms with van der Waals surface area (Å²) in [5.41, 5.74) is 2.21. The molecule has 0 spiro atoms. The maximum atomic E-state index is 11.3. The normalized spacial score (nSPS) is 18.0. The van der Waals surface area contributed by atoms with Gasteiger partial charge in [-0.3, -0.25) is 0 Å². The maximum Gasteiger partial charge on any atom is 0.337 e. The van der Waals surface area contributed by atoms with Crippen LogP contribution in [0.25, 0.3) is 0 Å². The molecule has 104 valence electrons. The van der Waals surface area contributed by atoms with Gasteiger partial charge in [0.2, 0.25) is 0 Å². The molecule has 1 saturated carbocycles. The molecule has 1 unspecified atom stereocenters. The van der Waals surface area contributed by atoms with Crippen molar-refractivity contribution in [1.82, 2.24) is 0 Å². The summed E-state index contributed by atoms with van der Waals surface area (Å²) in [4.78, 5) is 11.3. The van der Waals surface area contributed by atoms with Gasteiger partial charge in [-0.25, -0.2) is 4.79 Å². The van der Waals surface area contributed by atoms with Crippen molar-refractivity contribution in [3.05, 3.63) is 29.3 Å². The number of hydrogen-bond acceptors (Lipinski definition) is 2. The summed E-state index contributed by atoms with van der Waals surface area (Å²) in [5, 5.41) is 12.7. The fourth-order valence-corrected chi connectivity index (χ4v) is 2.96. The third kappa shape index (κ3) is 3.49. The van der Waals surface area contributed by atoms with Crippen LogP contribution in [0.2, 0.25) is 0 Å². The Bertz CT molecular complexity index is 450. The van der Waals surface area contributed by atoms with Gasteiger partial charge in [-0.15, -0.1) is 0 Å². The Morgan fingerprint density at radius 2 is 2.00 bits per heavy atom. The number of anilines is 1. The van der Waals surface area contributed by atoms with Gasteiger partial charge in [-0.1, -0.05) is 25.3 Å². The second kappa shape index (κ2) is 6.09. The fourth-order valence-electron chi connectivity index (χ4n) is 2.96. The van der Waals surface area contributed by atoms with Gasteiger partial charge < -0.3 is 10.4 Å². The molecule has 0 amide bonds. The lowest BCUT2D eigenvalue weighted by Gasteiger charge is -2.29. The minimum absolute atomic E-state index is 0.334. The highest BCUT2D eigenvalue weighted by atomic mass is 16.4. The van der Waals surface area contributed by atoms with Gasteiger partial charge in [0.15, 0.2) is 0 Å². The molecule has 1 aliphatic rings. The van der Waals surface area contributed by atoms with Gasteiger partial charge in [-0.2, -0.15) is 0 Å². The van der Waals surface area contributed by atoms with E-state index in [9.17, 15) is 9.90 Å². The number of hydrogen-bond donors (Lipinski definition) is 2. The number of aromatic carboxylic acids is 1. The van der Waals surface area contributed by atoms with Crippen LogP contribution in [0.1, 0.15) is 54.9 Å². The van der Waals surface area contributed by atoms with Crippen LogP contribution in [0.15, 0.2) is 18.2 Å². The Hall–Kier alpha value is -1.51. The third-order valence-electron chi connectivity index (χ3n) is 4.15. The molecule has 2 N–H and O–H groups in total. The Labute approximate surface area is 115 Å². The first kappa shape index (κ1) is 13.9. The fraction of sp³-hybridized carbons (Fsp3) is 0.562. The quantitative estimate of drug-likeness (QED) is 0.858. The summed E-state index contributed by atoms with van der Waals surface area (Å²) in [6.45, 7) is 4.16. The molecular weight excluding hydrogens is 238 g/mol. The van der Waals surface area contributed by atoms with E-state index in [1.807, 2.05) is 19.1 Å². The molecular formula is C16H23NO2. The van der Waals surface area contributed by atoms with Crippen LogP contribution in [0.4, 0.5) is 5.69 Å². The number of benzene rings is 1. The van der Waals surface area contributed by atoms with Gasteiger partial charge in [0, 0.05) is 11.7 Å². The molecule has 0 radical (unpaired) electrons. The highest BCUT2D eigenvalue weighted by molar-refractivity contribution is 5.94. The van der Waals surface area contributed by atoms with Crippen molar-refractivity contribution in [2.45, 2.75) is 52.0 Å². The van der Waals surface area contributed by atoms with Crippen LogP contribution in [-0.4, -0.2) is 17.1 Å². The molecule has 0 heterocycles. The Morgan fingerprint density at radius 3 is 2.63 bits per heavy atom. The molecule has 2 rings (SSSR count). The molecule has 0 aliphatic heterocycles. The largest absolute Gasteiger partial charge is 0.478 e. The van der Waals surface area contributed by atoms with E-state index in [0.29, 0.717) is 17.5 Å². The molecule has 0 bridgehead atoms. The first-order valence-electron chi connectivity index (χ1n) is 7.18. The summed E-state index contributed by atoms with van der Waals surface area (Å²) >= 11 is 0. The molecule has 3 nitrogen and oxygen atoms in total. The zero-order valence-electron chi connectivity index (χ0n) is 11.8. The highest BCUT2D eigenvalue weighted by Crippen LogP contribution is 2.29. The molecule has 1 aliphatic carbocycles. The van der Waals surface area contributed by atoms with Crippen molar-refractivity contribution in [3.8, 4) is 0 Å². The number of aryl methyl sites for hydroxylation is 1. The summed E-state index contributed by atoms with van der Waals surface area (Å²) in [6, 6.07) is 5.80. The number of carboxylic acid groups (broad SMARTS) is 1. The van der Waals surface area contributed by atoms with Crippen LogP contribution in [-0.2, 0) is 0 Å². The van der Waals surface area contributed by atoms with Gasteiger partial charge in [0.1, 0.15) is 0 Å². The van der Waals surface area contributed by atoms with E-state index >= 15 is 0 Å². The number of nitrogens with one attached hydrogen (secondary N) is 1. The van der Waals surface area contributed by atoms with Crippen LogP contribution in [0, 0.1) is 12.8 Å². The van der Waals surface area contributed by atoms with Crippen molar-refractivity contribution in [1.29, 1.82) is 0 Å². The van der Waals surface area contributed by atoms with E-state index in [0.717, 1.165) is 11.3 Å². The highest BCUT2D eigenvalue weighted by Gasteiger charge is 2.21. The minimum Gasteiger partial charge on any atom is -0.478 e. The lowest BCUT2D eigenvalue weighted by Crippen LogP contribution is -2.28. The van der Waals surface area contributed by atoms with Crippen molar-refractivity contribution < 1.29 is 9.90 Å². The average molecular weight is 261 g/mol. The standard InChI is InChI=1S/C16H23NO2/c1-11-8-9-14(16(18)19)15(10-11)17-12(2)13-6-4-3-5-7-13/h8-10,12-13,17H,3-7H2,1-2H3,(H,18,19). The smallest absolute Gasteiger partial charge is 0.337 e. The minimum atomic E-state index is -0.863. The van der Waals surface area contributed by atoms with Crippen molar-refractivity contribution in [2.75, 3.05) is 5.32 Å². The first-order chi connectivity index (χ1) is 9.08. The van der Waals surface area contributed by atoms with Gasteiger partial charge in [0.25, 0.3) is 0 Å². The average Bonchev–Trinajstić information content (AvgIpc) is 2.39.